The monoisotopic (exact) mass is 310 g/mol. The molecule has 1 heterocycles. The Labute approximate surface area is 131 Å². The summed E-state index contributed by atoms with van der Waals surface area (Å²) in [7, 11) is 3.59. The molecular weight excluding hydrogens is 295 g/mol. The summed E-state index contributed by atoms with van der Waals surface area (Å²) in [5.41, 5.74) is 3.05. The maximum absolute atomic E-state index is 12.7. The van der Waals surface area contributed by atoms with Crippen molar-refractivity contribution in [1.29, 1.82) is 0 Å². The van der Waals surface area contributed by atoms with Gasteiger partial charge in [0.25, 0.3) is 10.0 Å². The van der Waals surface area contributed by atoms with E-state index >= 15 is 0 Å². The molecule has 6 heteroatoms. The van der Waals surface area contributed by atoms with Gasteiger partial charge in [0, 0.05) is 23.6 Å². The smallest absolute Gasteiger partial charge is 0.264 e. The van der Waals surface area contributed by atoms with Crippen LogP contribution in [0.1, 0.15) is 5.69 Å². The van der Waals surface area contributed by atoms with E-state index in [1.54, 1.807) is 31.3 Å². The lowest BCUT2D eigenvalue weighted by Crippen LogP contribution is -2.27. The minimum Gasteiger partial charge on any atom is -0.359 e. The molecule has 3 aromatic rings. The number of aromatic amines is 1. The fraction of sp³-hybridized carbons (Fsp3) is 0.125. The van der Waals surface area contributed by atoms with E-state index < -0.39 is 10.0 Å². The molecular formula is C16H15BN2O2S. The van der Waals surface area contributed by atoms with Crippen molar-refractivity contribution in [2.24, 2.45) is 0 Å². The summed E-state index contributed by atoms with van der Waals surface area (Å²) in [5, 5.41) is 0.977. The van der Waals surface area contributed by atoms with E-state index in [0.29, 0.717) is 11.2 Å². The van der Waals surface area contributed by atoms with Crippen LogP contribution in [0.5, 0.6) is 0 Å². The van der Waals surface area contributed by atoms with Crippen molar-refractivity contribution in [2.75, 3.05) is 11.4 Å². The second kappa shape index (κ2) is 5.21. The van der Waals surface area contributed by atoms with Crippen molar-refractivity contribution >= 4 is 39.9 Å². The van der Waals surface area contributed by atoms with Gasteiger partial charge in [-0.25, -0.2) is 8.42 Å². The van der Waals surface area contributed by atoms with Crippen molar-refractivity contribution in [3.63, 3.8) is 0 Å². The molecule has 0 bridgehead atoms. The molecule has 0 fully saturated rings. The number of fused-ring (bicyclic) bond motifs is 1. The van der Waals surface area contributed by atoms with Crippen LogP contribution in [0, 0.1) is 6.92 Å². The quantitative estimate of drug-likeness (QED) is 0.753. The van der Waals surface area contributed by atoms with Gasteiger partial charge in [-0.15, -0.1) is 0 Å². The maximum atomic E-state index is 12.7. The zero-order valence-electron chi connectivity index (χ0n) is 12.4. The molecule has 0 saturated carbocycles. The van der Waals surface area contributed by atoms with E-state index in [-0.39, 0.29) is 4.90 Å². The highest BCUT2D eigenvalue weighted by atomic mass is 32.2. The number of rotatable bonds is 3. The van der Waals surface area contributed by atoms with Crippen molar-refractivity contribution in [3.8, 4) is 0 Å². The molecule has 0 aliphatic carbocycles. The van der Waals surface area contributed by atoms with Crippen LogP contribution in [-0.2, 0) is 10.0 Å². The standard InChI is InChI=1S/C16H15BN2O2S/c1-11-8-12-9-14(6-7-16(12)18-11)19(2)22(20,21)15-5-3-4-13(17)10-15/h3-10,18H,1-2H3. The average Bonchev–Trinajstić information content (AvgIpc) is 2.85. The van der Waals surface area contributed by atoms with Crippen LogP contribution >= 0.6 is 0 Å². The van der Waals surface area contributed by atoms with E-state index in [0.717, 1.165) is 16.6 Å². The Hall–Kier alpha value is -2.21. The highest BCUT2D eigenvalue weighted by Gasteiger charge is 2.21. The van der Waals surface area contributed by atoms with Gasteiger partial charge in [0.2, 0.25) is 0 Å². The number of aryl methyl sites for hydroxylation is 1. The number of H-pyrrole nitrogens is 1. The molecule has 2 radical (unpaired) electrons. The Morgan fingerprint density at radius 2 is 1.86 bits per heavy atom. The normalized spacial score (nSPS) is 11.7. The van der Waals surface area contributed by atoms with Crippen LogP contribution < -0.4 is 9.77 Å². The molecule has 0 spiro atoms. The molecule has 3 rings (SSSR count). The Morgan fingerprint density at radius 1 is 1.09 bits per heavy atom. The Bertz CT molecular complexity index is 948. The van der Waals surface area contributed by atoms with Crippen LogP contribution in [0.4, 0.5) is 5.69 Å². The topological polar surface area (TPSA) is 53.2 Å². The lowest BCUT2D eigenvalue weighted by atomic mass is 9.97. The highest BCUT2D eigenvalue weighted by Crippen LogP contribution is 2.26. The number of benzene rings is 2. The molecule has 110 valence electrons. The summed E-state index contributed by atoms with van der Waals surface area (Å²) >= 11 is 0. The van der Waals surface area contributed by atoms with Crippen molar-refractivity contribution in [1.82, 2.24) is 4.98 Å². The zero-order valence-corrected chi connectivity index (χ0v) is 13.2. The fourth-order valence-electron chi connectivity index (χ4n) is 2.43. The summed E-state index contributed by atoms with van der Waals surface area (Å²) in [4.78, 5) is 3.40. The van der Waals surface area contributed by atoms with Crippen LogP contribution in [-0.4, -0.2) is 28.3 Å². The summed E-state index contributed by atoms with van der Waals surface area (Å²) in [6.07, 6.45) is 0. The molecule has 0 aliphatic heterocycles. The lowest BCUT2D eigenvalue weighted by Gasteiger charge is -2.20. The van der Waals surface area contributed by atoms with Gasteiger partial charge in [0.05, 0.1) is 10.6 Å². The second-order valence-corrected chi connectivity index (χ2v) is 7.24. The van der Waals surface area contributed by atoms with Gasteiger partial charge in [-0.2, -0.15) is 0 Å². The number of hydrogen-bond donors (Lipinski definition) is 1. The minimum atomic E-state index is -3.63. The van der Waals surface area contributed by atoms with Gasteiger partial charge >= 0.3 is 0 Å². The Morgan fingerprint density at radius 3 is 2.59 bits per heavy atom. The zero-order chi connectivity index (χ0) is 15.9. The summed E-state index contributed by atoms with van der Waals surface area (Å²) in [5.74, 6) is 0. The largest absolute Gasteiger partial charge is 0.359 e. The number of nitrogens with zero attached hydrogens (tertiary/aromatic N) is 1. The van der Waals surface area contributed by atoms with E-state index in [1.807, 2.05) is 25.1 Å². The van der Waals surface area contributed by atoms with E-state index in [9.17, 15) is 8.42 Å². The first-order valence-corrected chi connectivity index (χ1v) is 8.26. The molecule has 2 aromatic carbocycles. The highest BCUT2D eigenvalue weighted by molar-refractivity contribution is 7.92. The third-order valence-electron chi connectivity index (χ3n) is 3.62. The second-order valence-electron chi connectivity index (χ2n) is 5.27. The maximum Gasteiger partial charge on any atom is 0.264 e. The fourth-order valence-corrected chi connectivity index (χ4v) is 3.68. The summed E-state index contributed by atoms with van der Waals surface area (Å²) < 4.78 is 26.6. The van der Waals surface area contributed by atoms with Gasteiger partial charge < -0.3 is 4.98 Å². The average molecular weight is 310 g/mol. The molecule has 0 saturated heterocycles. The third-order valence-corrected chi connectivity index (χ3v) is 5.40. The number of nitrogens with one attached hydrogen (secondary N) is 1. The summed E-state index contributed by atoms with van der Waals surface area (Å²) in [6.45, 7) is 1.97. The van der Waals surface area contributed by atoms with Gasteiger partial charge in [-0.05, 0) is 43.3 Å². The third kappa shape index (κ3) is 2.50. The number of hydrogen-bond acceptors (Lipinski definition) is 2. The SMILES string of the molecule is [B]c1cccc(S(=O)(=O)N(C)c2ccc3[nH]c(C)cc3c2)c1. The lowest BCUT2D eigenvalue weighted by molar-refractivity contribution is 0.594. The van der Waals surface area contributed by atoms with E-state index in [2.05, 4.69) is 4.98 Å². The van der Waals surface area contributed by atoms with E-state index in [1.165, 1.54) is 10.4 Å². The van der Waals surface area contributed by atoms with Crippen molar-refractivity contribution in [3.05, 3.63) is 54.2 Å². The molecule has 22 heavy (non-hydrogen) atoms. The first kappa shape index (κ1) is 14.7. The minimum absolute atomic E-state index is 0.181. The molecule has 0 aliphatic rings. The molecule has 0 amide bonds. The van der Waals surface area contributed by atoms with Gasteiger partial charge in [-0.3, -0.25) is 4.31 Å². The molecule has 0 unspecified atom stereocenters. The molecule has 1 N–H and O–H groups in total. The molecule has 4 nitrogen and oxygen atoms in total. The van der Waals surface area contributed by atoms with Crippen LogP contribution in [0.25, 0.3) is 10.9 Å². The van der Waals surface area contributed by atoms with Gasteiger partial charge in [0.1, 0.15) is 7.85 Å². The van der Waals surface area contributed by atoms with Crippen LogP contribution in [0.3, 0.4) is 0 Å². The van der Waals surface area contributed by atoms with Crippen molar-refractivity contribution < 1.29 is 8.42 Å². The Kier molecular flexibility index (Phi) is 3.49. The van der Waals surface area contributed by atoms with Crippen molar-refractivity contribution in [2.45, 2.75) is 11.8 Å². The predicted molar refractivity (Wildman–Crippen MR) is 90.5 cm³/mol. The number of sulfonamides is 1. The number of anilines is 1. The Balaban J connectivity index is 2.05. The van der Waals surface area contributed by atoms with Gasteiger partial charge in [-0.1, -0.05) is 17.6 Å². The van der Waals surface area contributed by atoms with Crippen LogP contribution in [0.2, 0.25) is 0 Å². The first-order valence-electron chi connectivity index (χ1n) is 6.82. The first-order chi connectivity index (χ1) is 10.4. The van der Waals surface area contributed by atoms with E-state index in [4.69, 9.17) is 7.85 Å². The molecule has 1 aromatic heterocycles. The number of aromatic nitrogens is 1. The van der Waals surface area contributed by atoms with Gasteiger partial charge in [0.15, 0.2) is 0 Å². The van der Waals surface area contributed by atoms with Crippen LogP contribution in [0.15, 0.2) is 53.4 Å². The molecule has 0 atom stereocenters. The predicted octanol–water partition coefficient (Wildman–Crippen LogP) is 2.10. The summed E-state index contributed by atoms with van der Waals surface area (Å²) in [6, 6.07) is 13.8.